The molecule has 0 fully saturated rings. The van der Waals surface area contributed by atoms with Crippen LogP contribution < -0.4 is 11.2 Å². The summed E-state index contributed by atoms with van der Waals surface area (Å²) in [6.45, 7) is 0. The van der Waals surface area contributed by atoms with Gasteiger partial charge in [0, 0.05) is 24.2 Å². The van der Waals surface area contributed by atoms with Crippen molar-refractivity contribution in [1.82, 2.24) is 29.5 Å². The second-order valence-corrected chi connectivity index (χ2v) is 7.96. The summed E-state index contributed by atoms with van der Waals surface area (Å²) in [4.78, 5) is 44.8. The van der Waals surface area contributed by atoms with Gasteiger partial charge >= 0.3 is 11.9 Å². The molecule has 34 heavy (non-hydrogen) atoms. The van der Waals surface area contributed by atoms with E-state index in [4.69, 9.17) is 0 Å². The van der Waals surface area contributed by atoms with Crippen LogP contribution in [0.1, 0.15) is 5.56 Å². The van der Waals surface area contributed by atoms with E-state index in [1.807, 2.05) is 6.26 Å². The Hall–Kier alpha value is -4.06. The topological polar surface area (TPSA) is 106 Å². The number of H-pyrrole nitrogens is 1. The summed E-state index contributed by atoms with van der Waals surface area (Å²) >= 11 is 1.37. The largest absolute Gasteiger partial charge is 0.416 e. The molecule has 0 amide bonds. The number of nitrogens with zero attached hydrogens (tertiary/aromatic N) is 5. The quantitative estimate of drug-likeness (QED) is 0.237. The highest BCUT2D eigenvalue weighted by molar-refractivity contribution is 7.98. The number of pyridine rings is 2. The maximum Gasteiger partial charge on any atom is 0.416 e. The van der Waals surface area contributed by atoms with E-state index >= 15 is 0 Å². The van der Waals surface area contributed by atoms with Crippen molar-refractivity contribution in [2.75, 3.05) is 6.26 Å². The molecule has 5 aromatic rings. The number of aromatic nitrogens is 6. The van der Waals surface area contributed by atoms with Gasteiger partial charge in [-0.05, 0) is 36.6 Å². The van der Waals surface area contributed by atoms with Crippen LogP contribution in [0.2, 0.25) is 0 Å². The van der Waals surface area contributed by atoms with Crippen molar-refractivity contribution >= 4 is 33.7 Å². The van der Waals surface area contributed by atoms with Gasteiger partial charge in [-0.1, -0.05) is 17.8 Å². The normalized spacial score (nSPS) is 11.9. The summed E-state index contributed by atoms with van der Waals surface area (Å²) in [5, 5.41) is 0.574. The number of halogens is 3. The summed E-state index contributed by atoms with van der Waals surface area (Å²) in [7, 11) is 0. The average molecular weight is 482 g/mol. The van der Waals surface area contributed by atoms with Crippen molar-refractivity contribution in [1.29, 1.82) is 0 Å². The first-order chi connectivity index (χ1) is 16.3. The van der Waals surface area contributed by atoms with E-state index in [0.717, 1.165) is 16.7 Å². The van der Waals surface area contributed by atoms with Crippen LogP contribution in [0.5, 0.6) is 0 Å². The summed E-state index contributed by atoms with van der Waals surface area (Å²) in [6, 6.07) is 7.59. The summed E-state index contributed by atoms with van der Waals surface area (Å²) < 4.78 is 41.0. The molecule has 0 aliphatic heterocycles. The van der Waals surface area contributed by atoms with Gasteiger partial charge in [0.15, 0.2) is 5.16 Å². The fourth-order valence-corrected chi connectivity index (χ4v) is 3.87. The van der Waals surface area contributed by atoms with Crippen molar-refractivity contribution in [2.45, 2.75) is 11.3 Å². The molecule has 0 aliphatic rings. The van der Waals surface area contributed by atoms with Crippen molar-refractivity contribution < 1.29 is 13.2 Å². The number of benzene rings is 1. The highest BCUT2D eigenvalue weighted by Crippen LogP contribution is 2.31. The molecule has 4 heterocycles. The average Bonchev–Trinajstić information content (AvgIpc) is 2.83. The van der Waals surface area contributed by atoms with Crippen LogP contribution in [0.15, 0.2) is 69.7 Å². The molecule has 5 rings (SSSR count). The Labute approximate surface area is 192 Å². The van der Waals surface area contributed by atoms with Gasteiger partial charge in [-0.2, -0.15) is 13.2 Å². The number of hydrogen-bond acceptors (Lipinski definition) is 7. The van der Waals surface area contributed by atoms with Gasteiger partial charge < -0.3 is 0 Å². The number of aromatic amines is 1. The van der Waals surface area contributed by atoms with Crippen LogP contribution in [0.4, 0.5) is 13.2 Å². The van der Waals surface area contributed by atoms with Gasteiger partial charge in [-0.3, -0.25) is 19.3 Å². The van der Waals surface area contributed by atoms with E-state index in [1.165, 1.54) is 30.1 Å². The number of nitrogens with one attached hydrogen (secondary N) is 1. The molecule has 0 radical (unpaired) electrons. The highest BCUT2D eigenvalue weighted by Gasteiger charge is 2.31. The van der Waals surface area contributed by atoms with Crippen LogP contribution in [-0.2, 0) is 6.18 Å². The predicted octanol–water partition coefficient (Wildman–Crippen LogP) is 3.82. The third kappa shape index (κ3) is 3.71. The summed E-state index contributed by atoms with van der Waals surface area (Å²) in [6.07, 6.45) is 1.65. The molecule has 1 N–H and O–H groups in total. The van der Waals surface area contributed by atoms with E-state index < -0.39 is 23.0 Å². The van der Waals surface area contributed by atoms with E-state index in [0.29, 0.717) is 21.9 Å². The lowest BCUT2D eigenvalue weighted by Gasteiger charge is -2.14. The molecule has 0 aliphatic carbocycles. The second kappa shape index (κ2) is 8.06. The minimum atomic E-state index is -4.62. The summed E-state index contributed by atoms with van der Waals surface area (Å²) in [5.74, 6) is 0. The Bertz CT molecular complexity index is 1680. The first kappa shape index (κ1) is 21.8. The molecule has 0 spiro atoms. The third-order valence-corrected chi connectivity index (χ3v) is 5.69. The van der Waals surface area contributed by atoms with E-state index in [-0.39, 0.29) is 22.1 Å². The maximum atomic E-state index is 13.3. The zero-order valence-electron chi connectivity index (χ0n) is 17.3. The zero-order chi connectivity index (χ0) is 24.0. The fraction of sp³-hybridized carbons (Fsp3) is 0.0909. The fourth-order valence-electron chi connectivity index (χ4n) is 3.55. The molecular formula is C22H13F3N6O2S. The first-order valence-electron chi connectivity index (χ1n) is 9.75. The molecule has 0 atom stereocenters. The molecular weight excluding hydrogens is 469 g/mol. The van der Waals surface area contributed by atoms with E-state index in [1.54, 1.807) is 24.5 Å². The van der Waals surface area contributed by atoms with Crippen molar-refractivity contribution in [3.8, 4) is 16.9 Å². The van der Waals surface area contributed by atoms with Crippen LogP contribution in [0.25, 0.3) is 38.9 Å². The predicted molar refractivity (Wildman–Crippen MR) is 121 cm³/mol. The molecule has 8 nitrogen and oxygen atoms in total. The molecule has 12 heteroatoms. The van der Waals surface area contributed by atoms with Gasteiger partial charge in [-0.25, -0.2) is 19.7 Å². The van der Waals surface area contributed by atoms with Gasteiger partial charge in [0.2, 0.25) is 0 Å². The minimum Gasteiger partial charge on any atom is -0.273 e. The SMILES string of the molecule is CSc1ncc(-c2ccc3ncc4c(=O)[nH]c(=O)n(-c5cccc(C(F)(F)F)c5)c4c3n2)cn1. The second-order valence-electron chi connectivity index (χ2n) is 7.19. The Balaban J connectivity index is 1.85. The van der Waals surface area contributed by atoms with Gasteiger partial charge in [-0.15, -0.1) is 0 Å². The van der Waals surface area contributed by atoms with Gasteiger partial charge in [0.05, 0.1) is 33.4 Å². The molecule has 1 aromatic carbocycles. The van der Waals surface area contributed by atoms with Crippen molar-refractivity contribution in [3.63, 3.8) is 0 Å². The van der Waals surface area contributed by atoms with Gasteiger partial charge in [0.25, 0.3) is 5.56 Å². The zero-order valence-corrected chi connectivity index (χ0v) is 18.1. The van der Waals surface area contributed by atoms with E-state index in [2.05, 4.69) is 24.9 Å². The number of fused-ring (bicyclic) bond motifs is 3. The Morgan fingerprint density at radius 3 is 2.47 bits per heavy atom. The monoisotopic (exact) mass is 482 g/mol. The molecule has 0 saturated heterocycles. The Morgan fingerprint density at radius 1 is 1.00 bits per heavy atom. The van der Waals surface area contributed by atoms with Crippen molar-refractivity contribution in [2.24, 2.45) is 0 Å². The summed E-state index contributed by atoms with van der Waals surface area (Å²) in [5.41, 5.74) is -1.05. The molecule has 0 bridgehead atoms. The lowest BCUT2D eigenvalue weighted by molar-refractivity contribution is -0.137. The standard InChI is InChI=1S/C22H13F3N6O2S/c1-34-20-27-8-11(9-28-20)15-5-6-16-17(29-15)18-14(10-26-16)19(32)30-21(33)31(18)13-4-2-3-12(7-13)22(23,24)25/h2-10H,1H3,(H,30,32,33). The minimum absolute atomic E-state index is 0.00291. The van der Waals surface area contributed by atoms with Crippen LogP contribution >= 0.6 is 11.8 Å². The van der Waals surface area contributed by atoms with Crippen LogP contribution in [0, 0.1) is 0 Å². The maximum absolute atomic E-state index is 13.3. The van der Waals surface area contributed by atoms with Crippen LogP contribution in [0.3, 0.4) is 0 Å². The van der Waals surface area contributed by atoms with E-state index in [9.17, 15) is 22.8 Å². The number of rotatable bonds is 3. The number of thioether (sulfide) groups is 1. The number of hydrogen-bond donors (Lipinski definition) is 1. The molecule has 0 saturated carbocycles. The Kier molecular flexibility index (Phi) is 5.16. The lowest BCUT2D eigenvalue weighted by atomic mass is 10.1. The van der Waals surface area contributed by atoms with Crippen molar-refractivity contribution in [3.05, 3.63) is 81.4 Å². The highest BCUT2D eigenvalue weighted by atomic mass is 32.2. The number of alkyl halides is 3. The lowest BCUT2D eigenvalue weighted by Crippen LogP contribution is -2.29. The third-order valence-electron chi connectivity index (χ3n) is 5.12. The Morgan fingerprint density at radius 2 is 1.76 bits per heavy atom. The van der Waals surface area contributed by atoms with Crippen LogP contribution in [-0.4, -0.2) is 35.7 Å². The molecule has 4 aromatic heterocycles. The van der Waals surface area contributed by atoms with Gasteiger partial charge in [0.1, 0.15) is 5.52 Å². The smallest absolute Gasteiger partial charge is 0.273 e. The first-order valence-corrected chi connectivity index (χ1v) is 11.0. The molecule has 170 valence electrons. The molecule has 0 unspecified atom stereocenters.